The van der Waals surface area contributed by atoms with Crippen molar-refractivity contribution in [3.05, 3.63) is 65.4 Å². The molecule has 0 bridgehead atoms. The molecule has 2 aromatic heterocycles. The second-order valence-electron chi connectivity index (χ2n) is 7.72. The van der Waals surface area contributed by atoms with Crippen LogP contribution in [0.2, 0.25) is 0 Å². The molecule has 2 heterocycles. The number of pyridine rings is 1. The van der Waals surface area contributed by atoms with E-state index in [1.807, 2.05) is 30.3 Å². The molecule has 1 N–H and O–H groups in total. The molecule has 0 fully saturated rings. The molecule has 8 nitrogen and oxygen atoms in total. The van der Waals surface area contributed by atoms with Gasteiger partial charge in [0.05, 0.1) is 41.6 Å². The summed E-state index contributed by atoms with van der Waals surface area (Å²) in [7, 11) is 1.56. The number of ether oxygens (including phenoxy) is 4. The van der Waals surface area contributed by atoms with Crippen LogP contribution in [0.4, 0.5) is 4.79 Å². The number of carbonyl (C=O) groups is 1. The van der Waals surface area contributed by atoms with Crippen molar-refractivity contribution in [3.8, 4) is 17.7 Å². The van der Waals surface area contributed by atoms with Crippen molar-refractivity contribution in [1.29, 1.82) is 5.26 Å². The molecule has 4 aromatic rings. The Morgan fingerprint density at radius 2 is 2.00 bits per heavy atom. The van der Waals surface area contributed by atoms with Crippen LogP contribution in [-0.2, 0) is 22.7 Å². The van der Waals surface area contributed by atoms with Crippen molar-refractivity contribution in [2.45, 2.75) is 33.2 Å². The largest absolute Gasteiger partial charge is 0.515 e. The van der Waals surface area contributed by atoms with Crippen LogP contribution in [0.1, 0.15) is 30.5 Å². The molecule has 0 unspecified atom stereocenters. The smallest absolute Gasteiger partial charge is 0.489 e. The maximum Gasteiger partial charge on any atom is 0.515 e. The van der Waals surface area contributed by atoms with E-state index >= 15 is 0 Å². The van der Waals surface area contributed by atoms with Crippen molar-refractivity contribution >= 4 is 28.0 Å². The zero-order valence-electron chi connectivity index (χ0n) is 18.5. The van der Waals surface area contributed by atoms with E-state index < -0.39 is 6.16 Å². The second kappa shape index (κ2) is 9.59. The van der Waals surface area contributed by atoms with Gasteiger partial charge in [-0.1, -0.05) is 12.1 Å². The molecule has 33 heavy (non-hydrogen) atoms. The monoisotopic (exact) mass is 445 g/mol. The van der Waals surface area contributed by atoms with Crippen LogP contribution < -0.4 is 9.47 Å². The third kappa shape index (κ3) is 4.89. The zero-order valence-corrected chi connectivity index (χ0v) is 18.5. The standard InChI is InChI=1S/C25H23N3O5/c1-15(2)32-25(29)33-24-20(14-30-3)23-19-10-18(7-8-21(19)28-22(23)12-27-24)31-13-17-6-4-5-16(9-17)11-26/h4-10,12,15,28H,13-14H2,1-3H3. The molecule has 0 aliphatic heterocycles. The van der Waals surface area contributed by atoms with Crippen LogP contribution in [0.25, 0.3) is 21.8 Å². The quantitative estimate of drug-likeness (QED) is 0.388. The first-order valence-corrected chi connectivity index (χ1v) is 10.4. The van der Waals surface area contributed by atoms with Gasteiger partial charge in [-0.2, -0.15) is 5.26 Å². The number of H-pyrrole nitrogens is 1. The number of hydrogen-bond acceptors (Lipinski definition) is 7. The predicted molar refractivity (Wildman–Crippen MR) is 122 cm³/mol. The molecule has 0 aliphatic carbocycles. The number of nitrogens with one attached hydrogen (secondary N) is 1. The van der Waals surface area contributed by atoms with E-state index in [1.165, 1.54) is 0 Å². The van der Waals surface area contributed by atoms with Crippen LogP contribution in [0.15, 0.2) is 48.7 Å². The first-order valence-electron chi connectivity index (χ1n) is 10.4. The third-order valence-corrected chi connectivity index (χ3v) is 4.93. The highest BCUT2D eigenvalue weighted by Gasteiger charge is 2.19. The third-order valence-electron chi connectivity index (χ3n) is 4.93. The van der Waals surface area contributed by atoms with E-state index in [9.17, 15) is 4.79 Å². The van der Waals surface area contributed by atoms with Crippen molar-refractivity contribution < 1.29 is 23.7 Å². The van der Waals surface area contributed by atoms with Crippen molar-refractivity contribution in [2.75, 3.05) is 7.11 Å². The number of nitrogens with zero attached hydrogens (tertiary/aromatic N) is 2. The highest BCUT2D eigenvalue weighted by Crippen LogP contribution is 2.35. The van der Waals surface area contributed by atoms with Gasteiger partial charge in [-0.3, -0.25) is 0 Å². The van der Waals surface area contributed by atoms with Crippen molar-refractivity contribution in [2.24, 2.45) is 0 Å². The molecule has 8 heteroatoms. The number of aromatic amines is 1. The van der Waals surface area contributed by atoms with E-state index in [4.69, 9.17) is 24.2 Å². The number of nitriles is 1. The van der Waals surface area contributed by atoms with Gasteiger partial charge in [0.2, 0.25) is 5.88 Å². The lowest BCUT2D eigenvalue weighted by molar-refractivity contribution is 0.0705. The maximum atomic E-state index is 12.1. The molecule has 0 saturated carbocycles. The fourth-order valence-electron chi connectivity index (χ4n) is 3.57. The summed E-state index contributed by atoms with van der Waals surface area (Å²) in [6.07, 6.45) is 0.479. The van der Waals surface area contributed by atoms with Crippen molar-refractivity contribution in [3.63, 3.8) is 0 Å². The number of benzene rings is 2. The van der Waals surface area contributed by atoms with E-state index in [2.05, 4.69) is 16.0 Å². The minimum Gasteiger partial charge on any atom is -0.489 e. The Bertz CT molecular complexity index is 1350. The van der Waals surface area contributed by atoms with Gasteiger partial charge in [0.15, 0.2) is 0 Å². The number of carbonyl (C=O) groups excluding carboxylic acids is 1. The lowest BCUT2D eigenvalue weighted by atomic mass is 10.1. The SMILES string of the molecule is COCc1c(OC(=O)OC(C)C)ncc2[nH]c3ccc(OCc4cccc(C#N)c4)cc3c12. The molecule has 0 amide bonds. The first-order chi connectivity index (χ1) is 16.0. The summed E-state index contributed by atoms with van der Waals surface area (Å²) in [5.41, 5.74) is 3.77. The normalized spacial score (nSPS) is 11.0. The number of methoxy groups -OCH3 is 1. The Hall–Kier alpha value is -4.09. The molecular weight excluding hydrogens is 422 g/mol. The summed E-state index contributed by atoms with van der Waals surface area (Å²) < 4.78 is 21.8. The number of fused-ring (bicyclic) bond motifs is 3. The van der Waals surface area contributed by atoms with E-state index in [-0.39, 0.29) is 18.6 Å². The van der Waals surface area contributed by atoms with Gasteiger partial charge in [-0.05, 0) is 49.7 Å². The fourth-order valence-corrected chi connectivity index (χ4v) is 3.57. The van der Waals surface area contributed by atoms with Gasteiger partial charge < -0.3 is 23.9 Å². The van der Waals surface area contributed by atoms with Crippen LogP contribution in [0.5, 0.6) is 11.6 Å². The molecule has 4 rings (SSSR count). The number of rotatable bonds is 7. The molecule has 0 radical (unpaired) electrons. The summed E-state index contributed by atoms with van der Waals surface area (Å²) in [4.78, 5) is 19.7. The molecule has 168 valence electrons. The molecule has 0 aliphatic rings. The Morgan fingerprint density at radius 1 is 1.15 bits per heavy atom. The van der Waals surface area contributed by atoms with Crippen LogP contribution >= 0.6 is 0 Å². The molecule has 2 aromatic carbocycles. The highest BCUT2D eigenvalue weighted by molar-refractivity contribution is 6.09. The lowest BCUT2D eigenvalue weighted by Gasteiger charge is -2.12. The minimum atomic E-state index is -0.822. The number of aromatic nitrogens is 2. The van der Waals surface area contributed by atoms with E-state index in [0.29, 0.717) is 23.5 Å². The molecule has 0 spiro atoms. The summed E-state index contributed by atoms with van der Waals surface area (Å²) >= 11 is 0. The van der Waals surface area contributed by atoms with Gasteiger partial charge in [0.1, 0.15) is 12.4 Å². The van der Waals surface area contributed by atoms with Gasteiger partial charge >= 0.3 is 6.16 Å². The van der Waals surface area contributed by atoms with Gasteiger partial charge in [-0.15, -0.1) is 0 Å². The van der Waals surface area contributed by atoms with Crippen LogP contribution in [0.3, 0.4) is 0 Å². The van der Waals surface area contributed by atoms with Crippen LogP contribution in [-0.4, -0.2) is 29.3 Å². The predicted octanol–water partition coefficient (Wildman–Crippen LogP) is 5.24. The summed E-state index contributed by atoms with van der Waals surface area (Å²) in [5.74, 6) is 0.795. The van der Waals surface area contributed by atoms with Crippen LogP contribution in [0, 0.1) is 11.3 Å². The summed E-state index contributed by atoms with van der Waals surface area (Å²) in [5, 5.41) is 10.8. The molecule has 0 atom stereocenters. The fraction of sp³-hybridized carbons (Fsp3) is 0.240. The number of hydrogen-bond donors (Lipinski definition) is 1. The molecular formula is C25H23N3O5. The van der Waals surface area contributed by atoms with E-state index in [1.54, 1.807) is 39.3 Å². The van der Waals surface area contributed by atoms with Gasteiger partial charge in [0.25, 0.3) is 0 Å². The Labute approximate surface area is 190 Å². The average molecular weight is 445 g/mol. The average Bonchev–Trinajstić information content (AvgIpc) is 3.17. The maximum absolute atomic E-state index is 12.1. The zero-order chi connectivity index (χ0) is 23.4. The summed E-state index contributed by atoms with van der Waals surface area (Å²) in [6, 6.07) is 15.1. The van der Waals surface area contributed by atoms with Crippen molar-refractivity contribution in [1.82, 2.24) is 9.97 Å². The second-order valence-corrected chi connectivity index (χ2v) is 7.72. The first kappa shape index (κ1) is 22.1. The summed E-state index contributed by atoms with van der Waals surface area (Å²) in [6.45, 7) is 4.00. The Morgan fingerprint density at radius 3 is 2.76 bits per heavy atom. The topological polar surface area (TPSA) is 106 Å². The highest BCUT2D eigenvalue weighted by atomic mass is 16.7. The van der Waals surface area contributed by atoms with Gasteiger partial charge in [0, 0.05) is 23.4 Å². The minimum absolute atomic E-state index is 0.135. The van der Waals surface area contributed by atoms with Gasteiger partial charge in [-0.25, -0.2) is 9.78 Å². The lowest BCUT2D eigenvalue weighted by Crippen LogP contribution is -2.17. The Balaban J connectivity index is 1.70. The van der Waals surface area contributed by atoms with E-state index in [0.717, 1.165) is 27.4 Å². The Kier molecular flexibility index (Phi) is 6.43. The molecule has 0 saturated heterocycles.